The summed E-state index contributed by atoms with van der Waals surface area (Å²) in [6, 6.07) is 10.8. The molecule has 0 N–H and O–H groups in total. The Morgan fingerprint density at radius 2 is 2.10 bits per heavy atom. The first-order chi connectivity index (χ1) is 9.66. The minimum atomic E-state index is -0.349. The van der Waals surface area contributed by atoms with Crippen LogP contribution in [0, 0.1) is 17.0 Å². The molecule has 0 saturated carbocycles. The predicted octanol–water partition coefficient (Wildman–Crippen LogP) is 3.30. The third-order valence-corrected chi connectivity index (χ3v) is 3.43. The van der Waals surface area contributed by atoms with Crippen LogP contribution in [0.25, 0.3) is 10.9 Å². The van der Waals surface area contributed by atoms with Crippen molar-refractivity contribution in [1.82, 2.24) is 9.55 Å². The number of rotatable bonds is 3. The van der Waals surface area contributed by atoms with E-state index < -0.39 is 0 Å². The summed E-state index contributed by atoms with van der Waals surface area (Å²) in [5.41, 5.74) is 3.07. The fraction of sp³-hybridized carbons (Fsp3) is 0.133. The molecule has 1 aromatic carbocycles. The second kappa shape index (κ2) is 4.77. The van der Waals surface area contributed by atoms with Crippen molar-refractivity contribution in [2.24, 2.45) is 0 Å². The van der Waals surface area contributed by atoms with Crippen LogP contribution in [0.2, 0.25) is 0 Å². The van der Waals surface area contributed by atoms with Crippen molar-refractivity contribution in [3.8, 4) is 0 Å². The van der Waals surface area contributed by atoms with Crippen molar-refractivity contribution >= 4 is 16.6 Å². The normalized spacial score (nSPS) is 10.8. The molecule has 0 spiro atoms. The molecule has 0 radical (unpaired) electrons. The predicted molar refractivity (Wildman–Crippen MR) is 76.7 cm³/mol. The molecule has 0 aliphatic carbocycles. The summed E-state index contributed by atoms with van der Waals surface area (Å²) < 4.78 is 1.98. The highest BCUT2D eigenvalue weighted by molar-refractivity contribution is 5.89. The lowest BCUT2D eigenvalue weighted by atomic mass is 10.2. The number of benzene rings is 1. The summed E-state index contributed by atoms with van der Waals surface area (Å²) in [4.78, 5) is 15.0. The Labute approximate surface area is 115 Å². The third kappa shape index (κ3) is 2.03. The van der Waals surface area contributed by atoms with E-state index in [-0.39, 0.29) is 10.6 Å². The summed E-state index contributed by atoms with van der Waals surface area (Å²) in [5, 5.41) is 11.7. The van der Waals surface area contributed by atoms with Crippen LogP contribution >= 0.6 is 0 Å². The van der Waals surface area contributed by atoms with Gasteiger partial charge in [-0.05, 0) is 30.7 Å². The van der Waals surface area contributed by atoms with Gasteiger partial charge in [0.2, 0.25) is 0 Å². The molecule has 0 unspecified atom stereocenters. The molecule has 0 atom stereocenters. The largest absolute Gasteiger partial charge is 0.341 e. The van der Waals surface area contributed by atoms with Gasteiger partial charge in [-0.15, -0.1) is 0 Å². The van der Waals surface area contributed by atoms with Crippen LogP contribution in [0.15, 0.2) is 48.8 Å². The van der Waals surface area contributed by atoms with E-state index in [4.69, 9.17) is 0 Å². The topological polar surface area (TPSA) is 61.0 Å². The van der Waals surface area contributed by atoms with Gasteiger partial charge in [-0.2, -0.15) is 0 Å². The monoisotopic (exact) mass is 267 g/mol. The van der Waals surface area contributed by atoms with Crippen LogP contribution in [0.4, 0.5) is 5.69 Å². The smallest absolute Gasteiger partial charge is 0.278 e. The molecule has 0 amide bonds. The van der Waals surface area contributed by atoms with Crippen LogP contribution < -0.4 is 0 Å². The SMILES string of the molecule is Cc1cccnc1Cn1ccc2c([N+](=O)[O-])cccc21. The fourth-order valence-corrected chi connectivity index (χ4v) is 2.35. The van der Waals surface area contributed by atoms with E-state index in [1.807, 2.05) is 35.9 Å². The summed E-state index contributed by atoms with van der Waals surface area (Å²) in [6.07, 6.45) is 3.63. The summed E-state index contributed by atoms with van der Waals surface area (Å²) >= 11 is 0. The standard InChI is InChI=1S/C15H13N3O2/c1-11-4-3-8-16-13(11)10-17-9-7-12-14(17)5-2-6-15(12)18(19)20/h2-9H,10H2,1H3. The van der Waals surface area contributed by atoms with E-state index in [0.29, 0.717) is 11.9 Å². The Morgan fingerprint density at radius 3 is 2.85 bits per heavy atom. The molecule has 0 aliphatic heterocycles. The Morgan fingerprint density at radius 1 is 1.25 bits per heavy atom. The van der Waals surface area contributed by atoms with Crippen molar-refractivity contribution in [3.63, 3.8) is 0 Å². The van der Waals surface area contributed by atoms with E-state index in [9.17, 15) is 10.1 Å². The Hall–Kier alpha value is -2.69. The second-order valence-corrected chi connectivity index (χ2v) is 4.68. The lowest BCUT2D eigenvalue weighted by molar-refractivity contribution is -0.383. The van der Waals surface area contributed by atoms with Crippen molar-refractivity contribution in [2.45, 2.75) is 13.5 Å². The molecular formula is C15H13N3O2. The molecule has 2 heterocycles. The zero-order valence-electron chi connectivity index (χ0n) is 11.0. The van der Waals surface area contributed by atoms with Gasteiger partial charge in [0.05, 0.1) is 28.1 Å². The minimum Gasteiger partial charge on any atom is -0.341 e. The van der Waals surface area contributed by atoms with Gasteiger partial charge in [0.25, 0.3) is 5.69 Å². The highest BCUT2D eigenvalue weighted by atomic mass is 16.6. The summed E-state index contributed by atoms with van der Waals surface area (Å²) in [6.45, 7) is 2.62. The van der Waals surface area contributed by atoms with Crippen LogP contribution in [0.5, 0.6) is 0 Å². The van der Waals surface area contributed by atoms with E-state index >= 15 is 0 Å². The van der Waals surface area contributed by atoms with Gasteiger partial charge >= 0.3 is 0 Å². The first-order valence-corrected chi connectivity index (χ1v) is 6.29. The van der Waals surface area contributed by atoms with Gasteiger partial charge in [0.15, 0.2) is 0 Å². The van der Waals surface area contributed by atoms with Crippen molar-refractivity contribution in [1.29, 1.82) is 0 Å². The number of nitro groups is 1. The van der Waals surface area contributed by atoms with Gasteiger partial charge in [-0.3, -0.25) is 15.1 Å². The van der Waals surface area contributed by atoms with Gasteiger partial charge in [-0.25, -0.2) is 0 Å². The molecule has 5 heteroatoms. The molecule has 0 bridgehead atoms. The molecule has 100 valence electrons. The molecule has 0 saturated heterocycles. The Kier molecular flexibility index (Phi) is 2.95. The van der Waals surface area contributed by atoms with Crippen LogP contribution in [0.3, 0.4) is 0 Å². The number of fused-ring (bicyclic) bond motifs is 1. The zero-order chi connectivity index (χ0) is 14.1. The first-order valence-electron chi connectivity index (χ1n) is 6.29. The second-order valence-electron chi connectivity index (χ2n) is 4.68. The number of aryl methyl sites for hydroxylation is 1. The van der Waals surface area contributed by atoms with E-state index in [0.717, 1.165) is 16.8 Å². The maximum Gasteiger partial charge on any atom is 0.278 e. The van der Waals surface area contributed by atoms with Crippen molar-refractivity contribution in [2.75, 3.05) is 0 Å². The highest BCUT2D eigenvalue weighted by Gasteiger charge is 2.14. The van der Waals surface area contributed by atoms with E-state index in [2.05, 4.69) is 4.98 Å². The highest BCUT2D eigenvalue weighted by Crippen LogP contribution is 2.26. The fourth-order valence-electron chi connectivity index (χ4n) is 2.35. The maximum atomic E-state index is 11.0. The summed E-state index contributed by atoms with van der Waals surface area (Å²) in [5.74, 6) is 0. The van der Waals surface area contributed by atoms with Gasteiger partial charge in [0, 0.05) is 18.5 Å². The Bertz CT molecular complexity index is 793. The number of hydrogen-bond donors (Lipinski definition) is 0. The molecule has 3 rings (SSSR count). The molecular weight excluding hydrogens is 254 g/mol. The number of hydrogen-bond acceptors (Lipinski definition) is 3. The third-order valence-electron chi connectivity index (χ3n) is 3.43. The molecule has 3 aromatic rings. The summed E-state index contributed by atoms with van der Waals surface area (Å²) in [7, 11) is 0. The molecule has 0 aliphatic rings. The molecule has 0 fully saturated rings. The maximum absolute atomic E-state index is 11.0. The molecule has 20 heavy (non-hydrogen) atoms. The Balaban J connectivity index is 2.08. The molecule has 2 aromatic heterocycles. The number of nitrogens with zero attached hydrogens (tertiary/aromatic N) is 3. The number of pyridine rings is 1. The zero-order valence-corrected chi connectivity index (χ0v) is 11.0. The van der Waals surface area contributed by atoms with Gasteiger partial charge < -0.3 is 4.57 Å². The number of non-ortho nitro benzene ring substituents is 1. The van der Waals surface area contributed by atoms with Crippen molar-refractivity contribution < 1.29 is 4.92 Å². The number of nitro benzene ring substituents is 1. The average Bonchev–Trinajstić information content (AvgIpc) is 2.84. The minimum absolute atomic E-state index is 0.138. The molecule has 5 nitrogen and oxygen atoms in total. The quantitative estimate of drug-likeness (QED) is 0.540. The van der Waals surface area contributed by atoms with Gasteiger partial charge in [0.1, 0.15) is 0 Å². The lowest BCUT2D eigenvalue weighted by Gasteiger charge is -2.07. The average molecular weight is 267 g/mol. The first kappa shape index (κ1) is 12.3. The van der Waals surface area contributed by atoms with E-state index in [1.165, 1.54) is 6.07 Å². The van der Waals surface area contributed by atoms with Crippen LogP contribution in [0.1, 0.15) is 11.3 Å². The number of aromatic nitrogens is 2. The van der Waals surface area contributed by atoms with E-state index in [1.54, 1.807) is 18.3 Å². The lowest BCUT2D eigenvalue weighted by Crippen LogP contribution is -2.02. The van der Waals surface area contributed by atoms with Crippen molar-refractivity contribution in [3.05, 3.63) is 70.2 Å². The van der Waals surface area contributed by atoms with Gasteiger partial charge in [-0.1, -0.05) is 12.1 Å². The van der Waals surface area contributed by atoms with Crippen LogP contribution in [-0.4, -0.2) is 14.5 Å². The van der Waals surface area contributed by atoms with Crippen LogP contribution in [-0.2, 0) is 6.54 Å².